The fourth-order valence-corrected chi connectivity index (χ4v) is 3.92. The SMILES string of the molecule is CC(C)N(C[C@@H]1CCCN1C(=O)OC(C)(C)C)c1ncc(B2OC(C)(C)C(C)(C)O2)cn1. The number of hydrogen-bond donors (Lipinski definition) is 0. The highest BCUT2D eigenvalue weighted by molar-refractivity contribution is 6.61. The molecule has 1 amide bonds. The summed E-state index contributed by atoms with van der Waals surface area (Å²) in [4.78, 5) is 25.9. The monoisotopic (exact) mass is 446 g/mol. The predicted molar refractivity (Wildman–Crippen MR) is 126 cm³/mol. The second-order valence-electron chi connectivity index (χ2n) is 11.1. The van der Waals surface area contributed by atoms with E-state index in [2.05, 4.69) is 28.7 Å². The van der Waals surface area contributed by atoms with Crippen LogP contribution in [0.5, 0.6) is 0 Å². The molecule has 0 spiro atoms. The van der Waals surface area contributed by atoms with Crippen molar-refractivity contribution >= 4 is 24.6 Å². The zero-order chi connectivity index (χ0) is 23.9. The maximum Gasteiger partial charge on any atom is 0.498 e. The lowest BCUT2D eigenvalue weighted by Gasteiger charge is -2.34. The molecule has 0 aliphatic carbocycles. The minimum atomic E-state index is -0.506. The van der Waals surface area contributed by atoms with Gasteiger partial charge in [0.05, 0.1) is 17.2 Å². The molecule has 32 heavy (non-hydrogen) atoms. The van der Waals surface area contributed by atoms with Gasteiger partial charge in [0.25, 0.3) is 0 Å². The molecule has 1 aromatic heterocycles. The largest absolute Gasteiger partial charge is 0.498 e. The number of carbonyl (C=O) groups is 1. The molecule has 9 heteroatoms. The van der Waals surface area contributed by atoms with Crippen LogP contribution in [0, 0.1) is 0 Å². The molecule has 0 N–H and O–H groups in total. The van der Waals surface area contributed by atoms with Crippen LogP contribution in [0.1, 0.15) is 75.2 Å². The molecule has 1 atom stereocenters. The quantitative estimate of drug-likeness (QED) is 0.642. The minimum absolute atomic E-state index is 0.0682. The standard InChI is InChI=1S/C23H39BN4O4/c1-16(2)28(15-18-11-10-12-27(18)20(29)30-21(3,4)5)19-25-13-17(14-26-19)24-31-22(6,7)23(8,9)32-24/h13-14,16,18H,10-12,15H2,1-9H3/t18-/m0/s1. The van der Waals surface area contributed by atoms with Gasteiger partial charge in [0.1, 0.15) is 5.60 Å². The van der Waals surface area contributed by atoms with Gasteiger partial charge in [0.2, 0.25) is 5.95 Å². The minimum Gasteiger partial charge on any atom is -0.444 e. The number of hydrogen-bond acceptors (Lipinski definition) is 7. The molecule has 178 valence electrons. The number of amides is 1. The van der Waals surface area contributed by atoms with Gasteiger partial charge in [-0.1, -0.05) is 0 Å². The average molecular weight is 446 g/mol. The first-order valence-electron chi connectivity index (χ1n) is 11.6. The molecule has 2 aliphatic rings. The highest BCUT2D eigenvalue weighted by Crippen LogP contribution is 2.36. The normalized spacial score (nSPS) is 22.5. The summed E-state index contributed by atoms with van der Waals surface area (Å²) in [5, 5.41) is 0. The second-order valence-corrected chi connectivity index (χ2v) is 11.1. The molecule has 0 radical (unpaired) electrons. The molecule has 3 rings (SSSR count). The fourth-order valence-electron chi connectivity index (χ4n) is 3.92. The highest BCUT2D eigenvalue weighted by atomic mass is 16.7. The molecule has 3 heterocycles. The zero-order valence-corrected chi connectivity index (χ0v) is 21.1. The Morgan fingerprint density at radius 3 is 2.28 bits per heavy atom. The van der Waals surface area contributed by atoms with Crippen molar-refractivity contribution in [3.05, 3.63) is 12.4 Å². The molecule has 0 unspecified atom stereocenters. The van der Waals surface area contributed by atoms with Gasteiger partial charge in [0.15, 0.2) is 0 Å². The van der Waals surface area contributed by atoms with Gasteiger partial charge < -0.3 is 23.8 Å². The Balaban J connectivity index is 1.72. The average Bonchev–Trinajstić information content (AvgIpc) is 3.20. The topological polar surface area (TPSA) is 77.0 Å². The number of likely N-dealkylation sites (tertiary alicyclic amines) is 1. The molecule has 0 aromatic carbocycles. The maximum absolute atomic E-state index is 12.7. The Kier molecular flexibility index (Phi) is 6.83. The smallest absolute Gasteiger partial charge is 0.444 e. The third kappa shape index (κ3) is 5.37. The van der Waals surface area contributed by atoms with E-state index in [1.165, 1.54) is 0 Å². The van der Waals surface area contributed by atoms with E-state index in [0.29, 0.717) is 19.0 Å². The lowest BCUT2D eigenvalue weighted by molar-refractivity contribution is 0.00578. The van der Waals surface area contributed by atoms with E-state index in [1.807, 2.05) is 53.4 Å². The van der Waals surface area contributed by atoms with Crippen molar-refractivity contribution in [3.63, 3.8) is 0 Å². The van der Waals surface area contributed by atoms with Crippen LogP contribution >= 0.6 is 0 Å². The molecule has 2 saturated heterocycles. The van der Waals surface area contributed by atoms with Crippen LogP contribution < -0.4 is 10.4 Å². The van der Waals surface area contributed by atoms with Crippen LogP contribution in [-0.2, 0) is 14.0 Å². The van der Waals surface area contributed by atoms with Gasteiger partial charge in [-0.3, -0.25) is 0 Å². The van der Waals surface area contributed by atoms with E-state index in [9.17, 15) is 4.79 Å². The molecular weight excluding hydrogens is 407 g/mol. The third-order valence-corrected chi connectivity index (χ3v) is 6.48. The Bertz CT molecular complexity index is 791. The number of anilines is 1. The summed E-state index contributed by atoms with van der Waals surface area (Å²) in [5.41, 5.74) is -0.525. The summed E-state index contributed by atoms with van der Waals surface area (Å²) in [6.45, 7) is 19.4. The summed E-state index contributed by atoms with van der Waals surface area (Å²) < 4.78 is 17.8. The Hall–Kier alpha value is -1.87. The number of rotatable bonds is 5. The van der Waals surface area contributed by atoms with E-state index in [1.54, 1.807) is 12.4 Å². The van der Waals surface area contributed by atoms with Crippen molar-refractivity contribution < 1.29 is 18.8 Å². The van der Waals surface area contributed by atoms with E-state index >= 15 is 0 Å². The number of carbonyl (C=O) groups excluding carboxylic acids is 1. The van der Waals surface area contributed by atoms with Gasteiger partial charge in [-0.15, -0.1) is 0 Å². The van der Waals surface area contributed by atoms with Gasteiger partial charge >= 0.3 is 13.2 Å². The predicted octanol–water partition coefficient (Wildman–Crippen LogP) is 3.39. The second kappa shape index (κ2) is 8.82. The highest BCUT2D eigenvalue weighted by Gasteiger charge is 2.52. The molecule has 2 aliphatic heterocycles. The van der Waals surface area contributed by atoms with Crippen molar-refractivity contribution in [3.8, 4) is 0 Å². The van der Waals surface area contributed by atoms with Crippen molar-refractivity contribution in [1.82, 2.24) is 14.9 Å². The van der Waals surface area contributed by atoms with Crippen molar-refractivity contribution in [2.45, 2.75) is 104 Å². The van der Waals surface area contributed by atoms with Crippen LogP contribution in [0.25, 0.3) is 0 Å². The Morgan fingerprint density at radius 1 is 1.22 bits per heavy atom. The van der Waals surface area contributed by atoms with E-state index in [4.69, 9.17) is 14.0 Å². The Labute approximate surface area is 193 Å². The maximum atomic E-state index is 12.7. The molecule has 0 saturated carbocycles. The molecule has 1 aromatic rings. The number of nitrogens with zero attached hydrogens (tertiary/aromatic N) is 4. The lowest BCUT2D eigenvalue weighted by Crippen LogP contribution is -2.47. The molecular formula is C23H39BN4O4. The van der Waals surface area contributed by atoms with E-state index < -0.39 is 23.9 Å². The summed E-state index contributed by atoms with van der Waals surface area (Å²) in [5.74, 6) is 0.635. The lowest BCUT2D eigenvalue weighted by atomic mass is 9.81. The van der Waals surface area contributed by atoms with Gasteiger partial charge in [-0.25, -0.2) is 14.8 Å². The molecule has 2 fully saturated rings. The van der Waals surface area contributed by atoms with Crippen LogP contribution in [0.4, 0.5) is 10.7 Å². The van der Waals surface area contributed by atoms with Crippen molar-refractivity contribution in [2.24, 2.45) is 0 Å². The van der Waals surface area contributed by atoms with Crippen LogP contribution in [0.3, 0.4) is 0 Å². The summed E-state index contributed by atoms with van der Waals surface area (Å²) >= 11 is 0. The van der Waals surface area contributed by atoms with E-state index in [0.717, 1.165) is 18.3 Å². The van der Waals surface area contributed by atoms with Crippen LogP contribution in [0.2, 0.25) is 0 Å². The summed E-state index contributed by atoms with van der Waals surface area (Å²) in [6.07, 6.45) is 5.22. The van der Waals surface area contributed by atoms with Crippen LogP contribution in [0.15, 0.2) is 12.4 Å². The number of aromatic nitrogens is 2. The van der Waals surface area contributed by atoms with Gasteiger partial charge in [-0.05, 0) is 75.2 Å². The fraction of sp³-hybridized carbons (Fsp3) is 0.783. The Morgan fingerprint density at radius 2 is 1.78 bits per heavy atom. The van der Waals surface area contributed by atoms with Crippen molar-refractivity contribution in [1.29, 1.82) is 0 Å². The molecule has 0 bridgehead atoms. The third-order valence-electron chi connectivity index (χ3n) is 6.48. The zero-order valence-electron chi connectivity index (χ0n) is 21.1. The van der Waals surface area contributed by atoms with Crippen molar-refractivity contribution in [2.75, 3.05) is 18.0 Å². The summed E-state index contributed by atoms with van der Waals surface area (Å²) in [7, 11) is -0.487. The van der Waals surface area contributed by atoms with Crippen LogP contribution in [-0.4, -0.2) is 70.1 Å². The first-order valence-corrected chi connectivity index (χ1v) is 11.6. The summed E-state index contributed by atoms with van der Waals surface area (Å²) in [6, 6.07) is 0.248. The first-order chi connectivity index (χ1) is 14.7. The van der Waals surface area contributed by atoms with Gasteiger partial charge in [-0.2, -0.15) is 0 Å². The molecule has 8 nitrogen and oxygen atoms in total. The first kappa shape index (κ1) is 24.8. The van der Waals surface area contributed by atoms with E-state index in [-0.39, 0.29) is 18.2 Å². The van der Waals surface area contributed by atoms with Gasteiger partial charge in [0, 0.05) is 37.0 Å². The number of ether oxygens (including phenoxy) is 1.